The Hall–Kier alpha value is -1.82. The smallest absolute Gasteiger partial charge is 0.257 e. The van der Waals surface area contributed by atoms with Gasteiger partial charge in [-0.3, -0.25) is 9.59 Å². The lowest BCUT2D eigenvalue weighted by atomic mass is 10.2. The molecule has 0 aromatic carbocycles. The Bertz CT molecular complexity index is 559. The summed E-state index contributed by atoms with van der Waals surface area (Å²) in [4.78, 5) is 28.7. The molecular formula is C18H28N2O4. The molecule has 1 fully saturated rings. The fraction of sp³-hybridized carbons (Fsp3) is 0.667. The number of rotatable bonds is 6. The summed E-state index contributed by atoms with van der Waals surface area (Å²) in [6.45, 7) is 10.0. The lowest BCUT2D eigenvalue weighted by molar-refractivity contribution is -0.143. The average molecular weight is 336 g/mol. The predicted molar refractivity (Wildman–Crippen MR) is 90.8 cm³/mol. The number of aryl methyl sites for hydroxylation is 1. The normalized spacial score (nSPS) is 20.9. The molecule has 0 spiro atoms. The molecule has 0 saturated carbocycles. The highest BCUT2D eigenvalue weighted by atomic mass is 16.5. The van der Waals surface area contributed by atoms with E-state index in [-0.39, 0.29) is 24.0 Å². The molecule has 0 radical (unpaired) electrons. The summed E-state index contributed by atoms with van der Waals surface area (Å²) in [7, 11) is 0. The maximum Gasteiger partial charge on any atom is 0.257 e. The number of hydrogen-bond acceptors (Lipinski definition) is 4. The number of carbonyl (C=O) groups is 2. The first kappa shape index (κ1) is 18.5. The summed E-state index contributed by atoms with van der Waals surface area (Å²) in [6.07, 6.45) is 2.82. The number of furan rings is 1. The lowest BCUT2D eigenvalue weighted by Gasteiger charge is -2.35. The number of hydrogen-bond donors (Lipinski definition) is 0. The molecule has 24 heavy (non-hydrogen) atoms. The number of carbonyl (C=O) groups excluding carboxylic acids is 2. The minimum absolute atomic E-state index is 0.0552. The van der Waals surface area contributed by atoms with E-state index < -0.39 is 0 Å². The molecule has 2 amide bonds. The quantitative estimate of drug-likeness (QED) is 0.800. The van der Waals surface area contributed by atoms with Gasteiger partial charge in [0.25, 0.3) is 5.91 Å². The van der Waals surface area contributed by atoms with E-state index in [0.717, 1.165) is 6.42 Å². The van der Waals surface area contributed by atoms with E-state index in [9.17, 15) is 9.59 Å². The van der Waals surface area contributed by atoms with Crippen molar-refractivity contribution in [1.29, 1.82) is 0 Å². The Morgan fingerprint density at radius 1 is 1.25 bits per heavy atom. The third kappa shape index (κ3) is 4.60. The van der Waals surface area contributed by atoms with Gasteiger partial charge in [-0.15, -0.1) is 0 Å². The van der Waals surface area contributed by atoms with Crippen LogP contribution in [0.4, 0.5) is 0 Å². The fourth-order valence-corrected chi connectivity index (χ4v) is 3.13. The van der Waals surface area contributed by atoms with Crippen molar-refractivity contribution in [3.05, 3.63) is 23.7 Å². The van der Waals surface area contributed by atoms with E-state index >= 15 is 0 Å². The van der Waals surface area contributed by atoms with Crippen LogP contribution in [0.15, 0.2) is 16.7 Å². The molecule has 0 bridgehead atoms. The van der Waals surface area contributed by atoms with Crippen LogP contribution in [0.3, 0.4) is 0 Å². The summed E-state index contributed by atoms with van der Waals surface area (Å²) in [6, 6.07) is 1.69. The summed E-state index contributed by atoms with van der Waals surface area (Å²) >= 11 is 0. The van der Waals surface area contributed by atoms with Gasteiger partial charge in [-0.05, 0) is 33.3 Å². The van der Waals surface area contributed by atoms with Crippen LogP contribution in [0, 0.1) is 6.92 Å². The molecule has 2 atom stereocenters. The van der Waals surface area contributed by atoms with Crippen LogP contribution in [0.2, 0.25) is 0 Å². The van der Waals surface area contributed by atoms with E-state index in [1.165, 1.54) is 6.26 Å². The van der Waals surface area contributed by atoms with Crippen molar-refractivity contribution >= 4 is 11.8 Å². The molecule has 0 unspecified atom stereocenters. The van der Waals surface area contributed by atoms with Crippen molar-refractivity contribution in [2.45, 2.75) is 52.7 Å². The molecule has 2 heterocycles. The van der Waals surface area contributed by atoms with Crippen LogP contribution in [0.5, 0.6) is 0 Å². The molecule has 0 N–H and O–H groups in total. The van der Waals surface area contributed by atoms with Gasteiger partial charge >= 0.3 is 0 Å². The Morgan fingerprint density at radius 3 is 2.46 bits per heavy atom. The van der Waals surface area contributed by atoms with E-state index in [1.54, 1.807) is 17.9 Å². The minimum Gasteiger partial charge on any atom is -0.469 e. The van der Waals surface area contributed by atoms with Crippen molar-refractivity contribution in [2.75, 3.05) is 26.2 Å². The van der Waals surface area contributed by atoms with Crippen molar-refractivity contribution in [2.24, 2.45) is 0 Å². The van der Waals surface area contributed by atoms with Gasteiger partial charge in [0.15, 0.2) is 0 Å². The molecule has 2 rings (SSSR count). The molecule has 1 aromatic heterocycles. The van der Waals surface area contributed by atoms with E-state index in [2.05, 4.69) is 0 Å². The Labute approximate surface area is 143 Å². The largest absolute Gasteiger partial charge is 0.469 e. The zero-order valence-corrected chi connectivity index (χ0v) is 15.1. The fourth-order valence-electron chi connectivity index (χ4n) is 3.13. The predicted octanol–water partition coefficient (Wildman–Crippen LogP) is 2.47. The third-order valence-electron chi connectivity index (χ3n) is 4.24. The molecule has 6 nitrogen and oxygen atoms in total. The minimum atomic E-state index is -0.0698. The van der Waals surface area contributed by atoms with Crippen LogP contribution >= 0.6 is 0 Å². The molecule has 1 saturated heterocycles. The number of morpholine rings is 1. The molecule has 134 valence electrons. The summed E-state index contributed by atoms with van der Waals surface area (Å²) in [5, 5.41) is 0. The number of ether oxygens (including phenoxy) is 1. The van der Waals surface area contributed by atoms with Gasteiger partial charge in [-0.2, -0.15) is 0 Å². The third-order valence-corrected chi connectivity index (χ3v) is 4.24. The van der Waals surface area contributed by atoms with Crippen LogP contribution in [-0.2, 0) is 9.53 Å². The van der Waals surface area contributed by atoms with E-state index in [0.29, 0.717) is 43.9 Å². The first-order valence-electron chi connectivity index (χ1n) is 8.69. The van der Waals surface area contributed by atoms with Gasteiger partial charge in [0.2, 0.25) is 5.91 Å². The van der Waals surface area contributed by atoms with Crippen LogP contribution < -0.4 is 0 Å². The van der Waals surface area contributed by atoms with E-state index in [4.69, 9.17) is 9.15 Å². The summed E-state index contributed by atoms with van der Waals surface area (Å²) in [5.74, 6) is 0.623. The summed E-state index contributed by atoms with van der Waals surface area (Å²) in [5.41, 5.74) is 0.574. The van der Waals surface area contributed by atoms with Crippen molar-refractivity contribution in [3.8, 4) is 0 Å². The molecule has 1 aliphatic heterocycles. The summed E-state index contributed by atoms with van der Waals surface area (Å²) < 4.78 is 10.9. The highest BCUT2D eigenvalue weighted by Gasteiger charge is 2.26. The second-order valence-electron chi connectivity index (χ2n) is 6.49. The van der Waals surface area contributed by atoms with Gasteiger partial charge in [0.1, 0.15) is 5.76 Å². The molecular weight excluding hydrogens is 308 g/mol. The number of nitrogens with zero attached hydrogens (tertiary/aromatic N) is 2. The van der Waals surface area contributed by atoms with Gasteiger partial charge in [0, 0.05) is 32.6 Å². The van der Waals surface area contributed by atoms with Gasteiger partial charge < -0.3 is 19.0 Å². The highest BCUT2D eigenvalue weighted by molar-refractivity contribution is 5.95. The topological polar surface area (TPSA) is 63.0 Å². The number of amides is 2. The molecule has 1 aromatic rings. The van der Waals surface area contributed by atoms with E-state index in [1.807, 2.05) is 25.7 Å². The Morgan fingerprint density at radius 2 is 1.92 bits per heavy atom. The molecule has 0 aliphatic carbocycles. The van der Waals surface area contributed by atoms with Gasteiger partial charge in [-0.1, -0.05) is 6.92 Å². The second kappa shape index (κ2) is 8.33. The standard InChI is InChI=1S/C18H28N2O4/c1-5-8-19(18(22)16-7-10-23-15(16)4)9-6-17(21)20-11-13(2)24-14(3)12-20/h7,10,13-14H,5-6,8-9,11-12H2,1-4H3/t13-,14-/m0/s1. The van der Waals surface area contributed by atoms with Gasteiger partial charge in [0.05, 0.1) is 24.0 Å². The zero-order valence-electron chi connectivity index (χ0n) is 15.1. The van der Waals surface area contributed by atoms with Crippen molar-refractivity contribution in [3.63, 3.8) is 0 Å². The molecule has 1 aliphatic rings. The lowest BCUT2D eigenvalue weighted by Crippen LogP contribution is -2.49. The Kier molecular flexibility index (Phi) is 6.43. The first-order chi connectivity index (χ1) is 11.4. The van der Waals surface area contributed by atoms with Crippen molar-refractivity contribution in [1.82, 2.24) is 9.80 Å². The zero-order chi connectivity index (χ0) is 17.7. The second-order valence-corrected chi connectivity index (χ2v) is 6.49. The maximum atomic E-state index is 12.6. The average Bonchev–Trinajstić information content (AvgIpc) is 2.95. The SMILES string of the molecule is CCCN(CCC(=O)N1C[C@H](C)O[C@@H](C)C1)C(=O)c1ccoc1C. The van der Waals surface area contributed by atoms with Crippen LogP contribution in [-0.4, -0.2) is 60.0 Å². The highest BCUT2D eigenvalue weighted by Crippen LogP contribution is 2.15. The maximum absolute atomic E-state index is 12.6. The monoisotopic (exact) mass is 336 g/mol. The van der Waals surface area contributed by atoms with Crippen LogP contribution in [0.25, 0.3) is 0 Å². The van der Waals surface area contributed by atoms with Crippen LogP contribution in [0.1, 0.15) is 49.7 Å². The molecule has 6 heteroatoms. The van der Waals surface area contributed by atoms with Crippen molar-refractivity contribution < 1.29 is 18.7 Å². The first-order valence-corrected chi connectivity index (χ1v) is 8.69. The Balaban J connectivity index is 1.94. The van der Waals surface area contributed by atoms with Gasteiger partial charge in [-0.25, -0.2) is 0 Å².